The van der Waals surface area contributed by atoms with Crippen molar-refractivity contribution < 1.29 is 5.11 Å². The first-order valence-corrected chi connectivity index (χ1v) is 6.05. The standard InChI is InChI=1S/C12H25NO/c1-4-7-13-8-5-11(6-9-13)12(14)10(2)3/h10-12,14H,4-9H2,1-3H3. The number of aliphatic hydroxyl groups is 1. The SMILES string of the molecule is CCCN1CCC(C(O)C(C)C)CC1. The number of piperidine rings is 1. The van der Waals surface area contributed by atoms with Crippen LogP contribution in [0.25, 0.3) is 0 Å². The largest absolute Gasteiger partial charge is 0.393 e. The molecule has 2 nitrogen and oxygen atoms in total. The lowest BCUT2D eigenvalue weighted by molar-refractivity contribution is 0.0285. The zero-order valence-corrected chi connectivity index (χ0v) is 9.87. The minimum absolute atomic E-state index is 0.0845. The van der Waals surface area contributed by atoms with Crippen LogP contribution in [0.5, 0.6) is 0 Å². The zero-order chi connectivity index (χ0) is 10.6. The second kappa shape index (κ2) is 5.72. The lowest BCUT2D eigenvalue weighted by Gasteiger charge is -2.35. The van der Waals surface area contributed by atoms with Gasteiger partial charge in [0.05, 0.1) is 6.10 Å². The van der Waals surface area contributed by atoms with Gasteiger partial charge in [-0.15, -0.1) is 0 Å². The van der Waals surface area contributed by atoms with Crippen molar-refractivity contribution >= 4 is 0 Å². The molecule has 1 aliphatic rings. The van der Waals surface area contributed by atoms with Gasteiger partial charge in [-0.2, -0.15) is 0 Å². The monoisotopic (exact) mass is 199 g/mol. The van der Waals surface area contributed by atoms with E-state index in [1.807, 2.05) is 0 Å². The molecule has 1 fully saturated rings. The smallest absolute Gasteiger partial charge is 0.0592 e. The van der Waals surface area contributed by atoms with Gasteiger partial charge in [-0.3, -0.25) is 0 Å². The maximum absolute atomic E-state index is 9.95. The van der Waals surface area contributed by atoms with E-state index in [0.717, 1.165) is 0 Å². The molecule has 0 radical (unpaired) electrons. The Morgan fingerprint density at radius 3 is 2.29 bits per heavy atom. The second-order valence-corrected chi connectivity index (χ2v) is 4.91. The molecule has 0 spiro atoms. The van der Waals surface area contributed by atoms with Crippen LogP contribution in [0.1, 0.15) is 40.0 Å². The van der Waals surface area contributed by atoms with Gasteiger partial charge < -0.3 is 10.0 Å². The fourth-order valence-electron chi connectivity index (χ4n) is 2.38. The van der Waals surface area contributed by atoms with Gasteiger partial charge in [0.15, 0.2) is 0 Å². The summed E-state index contributed by atoms with van der Waals surface area (Å²) in [6.07, 6.45) is 3.52. The number of aliphatic hydroxyl groups excluding tert-OH is 1. The molecule has 1 unspecified atom stereocenters. The van der Waals surface area contributed by atoms with Crippen LogP contribution in [0, 0.1) is 11.8 Å². The van der Waals surface area contributed by atoms with Gasteiger partial charge in [-0.05, 0) is 50.7 Å². The van der Waals surface area contributed by atoms with Crippen LogP contribution in [-0.2, 0) is 0 Å². The molecule has 1 atom stereocenters. The van der Waals surface area contributed by atoms with Crippen molar-refractivity contribution in [3.05, 3.63) is 0 Å². The van der Waals surface area contributed by atoms with Gasteiger partial charge in [0.1, 0.15) is 0 Å². The minimum Gasteiger partial charge on any atom is -0.393 e. The van der Waals surface area contributed by atoms with Gasteiger partial charge in [-0.25, -0.2) is 0 Å². The molecule has 14 heavy (non-hydrogen) atoms. The maximum Gasteiger partial charge on any atom is 0.0592 e. The zero-order valence-electron chi connectivity index (χ0n) is 9.87. The van der Waals surface area contributed by atoms with Crippen molar-refractivity contribution in [1.82, 2.24) is 4.90 Å². The number of rotatable bonds is 4. The molecular formula is C12H25NO. The molecule has 1 aliphatic heterocycles. The van der Waals surface area contributed by atoms with E-state index in [1.165, 1.54) is 38.9 Å². The molecule has 84 valence electrons. The third-order valence-electron chi connectivity index (χ3n) is 3.34. The van der Waals surface area contributed by atoms with Crippen LogP contribution in [0.2, 0.25) is 0 Å². The Morgan fingerprint density at radius 1 is 1.29 bits per heavy atom. The average molecular weight is 199 g/mol. The molecule has 0 amide bonds. The highest BCUT2D eigenvalue weighted by Crippen LogP contribution is 2.24. The highest BCUT2D eigenvalue weighted by molar-refractivity contribution is 4.78. The van der Waals surface area contributed by atoms with E-state index in [9.17, 15) is 5.11 Å². The van der Waals surface area contributed by atoms with Crippen molar-refractivity contribution in [3.8, 4) is 0 Å². The van der Waals surface area contributed by atoms with Crippen LogP contribution in [0.3, 0.4) is 0 Å². The predicted octanol–water partition coefficient (Wildman–Crippen LogP) is 2.13. The van der Waals surface area contributed by atoms with Gasteiger partial charge in [0, 0.05) is 0 Å². The Balaban J connectivity index is 2.28. The van der Waals surface area contributed by atoms with Crippen molar-refractivity contribution in [2.45, 2.75) is 46.1 Å². The van der Waals surface area contributed by atoms with E-state index in [1.54, 1.807) is 0 Å². The first kappa shape index (κ1) is 12.0. The number of nitrogens with zero attached hydrogens (tertiary/aromatic N) is 1. The highest BCUT2D eigenvalue weighted by atomic mass is 16.3. The van der Waals surface area contributed by atoms with E-state index in [-0.39, 0.29) is 6.10 Å². The Morgan fingerprint density at radius 2 is 1.86 bits per heavy atom. The lowest BCUT2D eigenvalue weighted by Crippen LogP contribution is -2.39. The van der Waals surface area contributed by atoms with E-state index >= 15 is 0 Å². The van der Waals surface area contributed by atoms with Crippen LogP contribution < -0.4 is 0 Å². The third kappa shape index (κ3) is 3.25. The molecule has 0 aromatic carbocycles. The summed E-state index contributed by atoms with van der Waals surface area (Å²) in [5.74, 6) is 0.959. The van der Waals surface area contributed by atoms with Crippen LogP contribution in [0.4, 0.5) is 0 Å². The van der Waals surface area contributed by atoms with E-state index in [2.05, 4.69) is 25.7 Å². The summed E-state index contributed by atoms with van der Waals surface area (Å²) in [5.41, 5.74) is 0. The average Bonchev–Trinajstić information content (AvgIpc) is 2.18. The Bertz CT molecular complexity index is 150. The van der Waals surface area contributed by atoms with Gasteiger partial charge in [0.25, 0.3) is 0 Å². The maximum atomic E-state index is 9.95. The third-order valence-corrected chi connectivity index (χ3v) is 3.34. The van der Waals surface area contributed by atoms with Crippen molar-refractivity contribution in [2.24, 2.45) is 11.8 Å². The second-order valence-electron chi connectivity index (χ2n) is 4.91. The van der Waals surface area contributed by atoms with Crippen LogP contribution in [-0.4, -0.2) is 35.7 Å². The van der Waals surface area contributed by atoms with E-state index in [4.69, 9.17) is 0 Å². The van der Waals surface area contributed by atoms with Crippen LogP contribution >= 0.6 is 0 Å². The number of hydrogen-bond donors (Lipinski definition) is 1. The number of likely N-dealkylation sites (tertiary alicyclic amines) is 1. The Hall–Kier alpha value is -0.0800. The van der Waals surface area contributed by atoms with Crippen molar-refractivity contribution in [3.63, 3.8) is 0 Å². The Kier molecular flexibility index (Phi) is 4.90. The molecular weight excluding hydrogens is 174 g/mol. The molecule has 2 heteroatoms. The van der Waals surface area contributed by atoms with Gasteiger partial charge in [-0.1, -0.05) is 20.8 Å². The summed E-state index contributed by atoms with van der Waals surface area (Å²) in [6, 6.07) is 0. The molecule has 1 N–H and O–H groups in total. The molecule has 1 rings (SSSR count). The summed E-state index contributed by atoms with van der Waals surface area (Å²) >= 11 is 0. The summed E-state index contributed by atoms with van der Waals surface area (Å²) in [6.45, 7) is 10.1. The summed E-state index contributed by atoms with van der Waals surface area (Å²) in [7, 11) is 0. The van der Waals surface area contributed by atoms with E-state index in [0.29, 0.717) is 11.8 Å². The molecule has 0 aliphatic carbocycles. The fraction of sp³-hybridized carbons (Fsp3) is 1.00. The summed E-state index contributed by atoms with van der Waals surface area (Å²) < 4.78 is 0. The van der Waals surface area contributed by atoms with Gasteiger partial charge in [0.2, 0.25) is 0 Å². The molecule has 0 aromatic rings. The summed E-state index contributed by atoms with van der Waals surface area (Å²) in [4.78, 5) is 2.52. The number of hydrogen-bond acceptors (Lipinski definition) is 2. The van der Waals surface area contributed by atoms with Crippen LogP contribution in [0.15, 0.2) is 0 Å². The molecule has 1 saturated heterocycles. The molecule has 0 aromatic heterocycles. The molecule has 0 bridgehead atoms. The predicted molar refractivity (Wildman–Crippen MR) is 60.3 cm³/mol. The first-order valence-electron chi connectivity index (χ1n) is 6.05. The van der Waals surface area contributed by atoms with E-state index < -0.39 is 0 Å². The molecule has 0 saturated carbocycles. The topological polar surface area (TPSA) is 23.5 Å². The lowest BCUT2D eigenvalue weighted by atomic mass is 9.86. The fourth-order valence-corrected chi connectivity index (χ4v) is 2.38. The Labute approximate surface area is 88.3 Å². The normalized spacial score (nSPS) is 22.9. The molecule has 1 heterocycles. The summed E-state index contributed by atoms with van der Waals surface area (Å²) in [5, 5.41) is 9.95. The van der Waals surface area contributed by atoms with Gasteiger partial charge >= 0.3 is 0 Å². The first-order chi connectivity index (χ1) is 6.65. The van der Waals surface area contributed by atoms with Crippen molar-refractivity contribution in [1.29, 1.82) is 0 Å². The highest BCUT2D eigenvalue weighted by Gasteiger charge is 2.26. The minimum atomic E-state index is -0.0845. The quantitative estimate of drug-likeness (QED) is 0.749. The van der Waals surface area contributed by atoms with Crippen molar-refractivity contribution in [2.75, 3.05) is 19.6 Å².